The molecule has 1 aromatic carbocycles. The molecule has 2 rings (SSSR count). The molecule has 0 saturated carbocycles. The van der Waals surface area contributed by atoms with Gasteiger partial charge in [-0.2, -0.15) is 0 Å². The number of rotatable bonds is 2. The SMILES string of the molecule is OCc1ncncc1-c1ccc(Cl)cc1Cl. The summed E-state index contributed by atoms with van der Waals surface area (Å²) in [4.78, 5) is 7.90. The molecule has 0 bridgehead atoms. The maximum absolute atomic E-state index is 9.17. The third-order valence-corrected chi connectivity index (χ3v) is 2.71. The summed E-state index contributed by atoms with van der Waals surface area (Å²) in [6, 6.07) is 5.16. The number of hydrogen-bond acceptors (Lipinski definition) is 3. The van der Waals surface area contributed by atoms with E-state index in [-0.39, 0.29) is 6.61 Å². The van der Waals surface area contributed by atoms with E-state index in [2.05, 4.69) is 9.97 Å². The van der Waals surface area contributed by atoms with Gasteiger partial charge in [0.25, 0.3) is 0 Å². The van der Waals surface area contributed by atoms with E-state index in [1.807, 2.05) is 0 Å². The summed E-state index contributed by atoms with van der Waals surface area (Å²) < 4.78 is 0. The normalized spacial score (nSPS) is 10.4. The Morgan fingerprint density at radius 1 is 1.19 bits per heavy atom. The summed E-state index contributed by atoms with van der Waals surface area (Å²) in [5.74, 6) is 0. The highest BCUT2D eigenvalue weighted by Gasteiger charge is 2.09. The molecule has 0 aliphatic heterocycles. The minimum atomic E-state index is -0.156. The molecular weight excluding hydrogens is 247 g/mol. The summed E-state index contributed by atoms with van der Waals surface area (Å²) >= 11 is 11.9. The van der Waals surface area contributed by atoms with E-state index in [1.54, 1.807) is 24.4 Å². The van der Waals surface area contributed by atoms with Crippen molar-refractivity contribution in [1.82, 2.24) is 9.97 Å². The Labute approximate surface area is 103 Å². The molecular formula is C11H8Cl2N2O. The van der Waals surface area contributed by atoms with Gasteiger partial charge in [-0.25, -0.2) is 9.97 Å². The molecule has 2 aromatic rings. The van der Waals surface area contributed by atoms with Crippen molar-refractivity contribution < 1.29 is 5.11 Å². The van der Waals surface area contributed by atoms with Crippen LogP contribution in [0.2, 0.25) is 10.0 Å². The van der Waals surface area contributed by atoms with Crippen molar-refractivity contribution in [2.24, 2.45) is 0 Å². The minimum absolute atomic E-state index is 0.156. The summed E-state index contributed by atoms with van der Waals surface area (Å²) in [7, 11) is 0. The molecule has 0 aliphatic carbocycles. The maximum atomic E-state index is 9.17. The molecule has 0 unspecified atom stereocenters. The third kappa shape index (κ3) is 2.16. The zero-order valence-electron chi connectivity index (χ0n) is 8.19. The lowest BCUT2D eigenvalue weighted by Crippen LogP contribution is -1.95. The quantitative estimate of drug-likeness (QED) is 0.897. The molecule has 0 amide bonds. The summed E-state index contributed by atoms with van der Waals surface area (Å²) in [5, 5.41) is 10.2. The average molecular weight is 255 g/mol. The number of aliphatic hydroxyl groups excluding tert-OH is 1. The van der Waals surface area contributed by atoms with Crippen molar-refractivity contribution >= 4 is 23.2 Å². The van der Waals surface area contributed by atoms with Gasteiger partial charge >= 0.3 is 0 Å². The van der Waals surface area contributed by atoms with Crippen molar-refractivity contribution in [2.45, 2.75) is 6.61 Å². The molecule has 16 heavy (non-hydrogen) atoms. The molecule has 1 N–H and O–H groups in total. The Balaban J connectivity index is 2.58. The molecule has 0 fully saturated rings. The lowest BCUT2D eigenvalue weighted by atomic mass is 10.1. The van der Waals surface area contributed by atoms with Gasteiger partial charge in [-0.05, 0) is 12.1 Å². The van der Waals surface area contributed by atoms with Gasteiger partial charge < -0.3 is 5.11 Å². The highest BCUT2D eigenvalue weighted by Crippen LogP contribution is 2.31. The predicted molar refractivity (Wildman–Crippen MR) is 63.4 cm³/mol. The number of benzene rings is 1. The fourth-order valence-corrected chi connectivity index (χ4v) is 1.92. The van der Waals surface area contributed by atoms with Gasteiger partial charge in [-0.1, -0.05) is 29.3 Å². The lowest BCUT2D eigenvalue weighted by Gasteiger charge is -2.07. The minimum Gasteiger partial charge on any atom is -0.390 e. The molecule has 0 saturated heterocycles. The van der Waals surface area contributed by atoms with Gasteiger partial charge in [-0.3, -0.25) is 0 Å². The molecule has 0 radical (unpaired) electrons. The molecule has 82 valence electrons. The smallest absolute Gasteiger partial charge is 0.115 e. The van der Waals surface area contributed by atoms with E-state index >= 15 is 0 Å². The van der Waals surface area contributed by atoms with Crippen LogP contribution in [0.25, 0.3) is 11.1 Å². The number of hydrogen-bond donors (Lipinski definition) is 1. The molecule has 1 aromatic heterocycles. The second kappa shape index (κ2) is 4.78. The Hall–Kier alpha value is -1.16. The van der Waals surface area contributed by atoms with Crippen LogP contribution in [0.1, 0.15) is 5.69 Å². The fourth-order valence-electron chi connectivity index (χ4n) is 1.41. The molecule has 0 aliphatic rings. The zero-order chi connectivity index (χ0) is 11.5. The van der Waals surface area contributed by atoms with Crippen LogP contribution < -0.4 is 0 Å². The van der Waals surface area contributed by atoms with Crippen LogP contribution in [-0.4, -0.2) is 15.1 Å². The average Bonchev–Trinajstić information content (AvgIpc) is 2.29. The molecule has 5 heteroatoms. The standard InChI is InChI=1S/C11H8Cl2N2O/c12-7-1-2-8(10(13)3-7)9-4-14-6-15-11(9)5-16/h1-4,6,16H,5H2. The van der Waals surface area contributed by atoms with Crippen LogP contribution in [0, 0.1) is 0 Å². The second-order valence-electron chi connectivity index (χ2n) is 3.17. The van der Waals surface area contributed by atoms with Gasteiger partial charge in [0, 0.05) is 27.4 Å². The maximum Gasteiger partial charge on any atom is 0.115 e. The first-order valence-corrected chi connectivity index (χ1v) is 5.33. The van der Waals surface area contributed by atoms with Gasteiger partial charge in [0.2, 0.25) is 0 Å². The van der Waals surface area contributed by atoms with E-state index in [4.69, 9.17) is 28.3 Å². The van der Waals surface area contributed by atoms with Crippen LogP contribution in [-0.2, 0) is 6.61 Å². The Morgan fingerprint density at radius 2 is 2.00 bits per heavy atom. The van der Waals surface area contributed by atoms with Gasteiger partial charge in [0.15, 0.2) is 0 Å². The number of halogens is 2. The first-order chi connectivity index (χ1) is 7.72. The third-order valence-electron chi connectivity index (χ3n) is 2.17. The Kier molecular flexibility index (Phi) is 3.39. The van der Waals surface area contributed by atoms with Gasteiger partial charge in [0.1, 0.15) is 6.33 Å². The topological polar surface area (TPSA) is 46.0 Å². The van der Waals surface area contributed by atoms with Crippen LogP contribution in [0.5, 0.6) is 0 Å². The number of aromatic nitrogens is 2. The monoisotopic (exact) mass is 254 g/mol. The molecule has 1 heterocycles. The first kappa shape index (κ1) is 11.3. The highest BCUT2D eigenvalue weighted by molar-refractivity contribution is 6.36. The number of aliphatic hydroxyl groups is 1. The van der Waals surface area contributed by atoms with Crippen LogP contribution in [0.15, 0.2) is 30.7 Å². The van der Waals surface area contributed by atoms with Crippen molar-refractivity contribution in [3.8, 4) is 11.1 Å². The van der Waals surface area contributed by atoms with Crippen molar-refractivity contribution in [2.75, 3.05) is 0 Å². The van der Waals surface area contributed by atoms with E-state index in [0.717, 1.165) is 5.56 Å². The first-order valence-electron chi connectivity index (χ1n) is 4.57. The summed E-state index contributed by atoms with van der Waals surface area (Å²) in [5.41, 5.74) is 2.02. The molecule has 3 nitrogen and oxygen atoms in total. The second-order valence-corrected chi connectivity index (χ2v) is 4.01. The van der Waals surface area contributed by atoms with Crippen LogP contribution in [0.3, 0.4) is 0 Å². The lowest BCUT2D eigenvalue weighted by molar-refractivity contribution is 0.277. The van der Waals surface area contributed by atoms with Gasteiger partial charge in [-0.15, -0.1) is 0 Å². The van der Waals surface area contributed by atoms with E-state index in [1.165, 1.54) is 6.33 Å². The zero-order valence-corrected chi connectivity index (χ0v) is 9.70. The van der Waals surface area contributed by atoms with Crippen LogP contribution in [0.4, 0.5) is 0 Å². The van der Waals surface area contributed by atoms with E-state index in [0.29, 0.717) is 21.3 Å². The summed E-state index contributed by atoms with van der Waals surface area (Å²) in [6.07, 6.45) is 3.01. The van der Waals surface area contributed by atoms with Crippen molar-refractivity contribution in [3.63, 3.8) is 0 Å². The Morgan fingerprint density at radius 3 is 2.69 bits per heavy atom. The van der Waals surface area contributed by atoms with Crippen molar-refractivity contribution in [1.29, 1.82) is 0 Å². The molecule has 0 atom stereocenters. The highest BCUT2D eigenvalue weighted by atomic mass is 35.5. The Bertz CT molecular complexity index is 517. The fraction of sp³-hybridized carbons (Fsp3) is 0.0909. The predicted octanol–water partition coefficient (Wildman–Crippen LogP) is 2.94. The molecule has 0 spiro atoms. The van der Waals surface area contributed by atoms with Gasteiger partial charge in [0.05, 0.1) is 12.3 Å². The summed E-state index contributed by atoms with van der Waals surface area (Å²) in [6.45, 7) is -0.156. The van der Waals surface area contributed by atoms with E-state index in [9.17, 15) is 0 Å². The van der Waals surface area contributed by atoms with Crippen molar-refractivity contribution in [3.05, 3.63) is 46.5 Å². The van der Waals surface area contributed by atoms with E-state index < -0.39 is 0 Å². The number of nitrogens with zero attached hydrogens (tertiary/aromatic N) is 2. The largest absolute Gasteiger partial charge is 0.390 e. The van der Waals surface area contributed by atoms with Crippen LogP contribution >= 0.6 is 23.2 Å².